The number of nitrogens with one attached hydrogen (secondary N) is 1. The summed E-state index contributed by atoms with van der Waals surface area (Å²) in [5.41, 5.74) is -0.879. The number of para-hydroxylation sites is 1. The van der Waals surface area contributed by atoms with Crippen LogP contribution in [0.5, 0.6) is 0 Å². The Bertz CT molecular complexity index is 2320. The molecule has 4 aromatic rings. The molecule has 3 aromatic heterocycles. The van der Waals surface area contributed by atoms with Crippen LogP contribution in [0.2, 0.25) is 0 Å². The van der Waals surface area contributed by atoms with Gasteiger partial charge in [0.15, 0.2) is 12.3 Å². The average molecular weight is 736 g/mol. The van der Waals surface area contributed by atoms with Gasteiger partial charge in [-0.25, -0.2) is 19.1 Å². The summed E-state index contributed by atoms with van der Waals surface area (Å²) in [7, 11) is -5.15. The largest absolute Gasteiger partial charge is 0.473 e. The lowest BCUT2D eigenvalue weighted by molar-refractivity contribution is -0.171. The Labute approximate surface area is 295 Å². The molecular weight excluding hydrogens is 701 g/mol. The second kappa shape index (κ2) is 13.2. The fraction of sp³-hybridized carbons (Fsp3) is 0.382. The number of fused-ring (bicyclic) bond motifs is 5. The molecule has 3 aliphatic heterocycles. The van der Waals surface area contributed by atoms with Crippen molar-refractivity contribution in [2.75, 3.05) is 11.9 Å². The van der Waals surface area contributed by atoms with Crippen molar-refractivity contribution in [3.63, 3.8) is 0 Å². The van der Waals surface area contributed by atoms with Crippen molar-refractivity contribution in [2.45, 2.75) is 71.3 Å². The Hall–Kier alpha value is -5.06. The van der Waals surface area contributed by atoms with E-state index in [0.717, 1.165) is 15.5 Å². The van der Waals surface area contributed by atoms with Crippen molar-refractivity contribution >= 4 is 42.4 Å². The number of esters is 2. The van der Waals surface area contributed by atoms with Gasteiger partial charge in [0.25, 0.3) is 5.56 Å². The number of phosphoric acid groups is 1. The van der Waals surface area contributed by atoms with Crippen LogP contribution in [-0.4, -0.2) is 60.7 Å². The number of benzene rings is 1. The van der Waals surface area contributed by atoms with Crippen LogP contribution in [0.25, 0.3) is 22.3 Å². The molecule has 0 saturated carbocycles. The van der Waals surface area contributed by atoms with Gasteiger partial charge in [0.05, 0.1) is 41.7 Å². The van der Waals surface area contributed by atoms with Crippen molar-refractivity contribution in [3.8, 4) is 11.4 Å². The van der Waals surface area contributed by atoms with Crippen molar-refractivity contribution < 1.29 is 47.1 Å². The van der Waals surface area contributed by atoms with Crippen LogP contribution < -0.4 is 16.6 Å². The van der Waals surface area contributed by atoms with Crippen LogP contribution in [0.4, 0.5) is 5.82 Å². The van der Waals surface area contributed by atoms with E-state index < -0.39 is 73.5 Å². The maximum Gasteiger partial charge on any atom is 0.473 e. The number of aromatic nitrogens is 4. The van der Waals surface area contributed by atoms with E-state index in [1.54, 1.807) is 19.9 Å². The van der Waals surface area contributed by atoms with Crippen LogP contribution in [0.1, 0.15) is 57.0 Å². The Morgan fingerprint density at radius 3 is 2.62 bits per heavy atom. The first-order chi connectivity index (χ1) is 24.7. The normalized spacial score (nSPS) is 24.4. The van der Waals surface area contributed by atoms with E-state index in [2.05, 4.69) is 10.3 Å². The molecule has 3 aliphatic rings. The van der Waals surface area contributed by atoms with Crippen LogP contribution in [0, 0.1) is 5.92 Å². The number of carbonyl (C=O) groups excluding carboxylic acids is 3. The third-order valence-electron chi connectivity index (χ3n) is 9.47. The summed E-state index contributed by atoms with van der Waals surface area (Å²) in [4.78, 5) is 83.3. The number of anilines is 1. The Morgan fingerprint density at radius 1 is 1.13 bits per heavy atom. The van der Waals surface area contributed by atoms with Crippen LogP contribution in [-0.2, 0) is 61.0 Å². The SMILES string of the molecule is CC[C@@]1(OP(=O)(O)OC[C@H]2O[C@@H](n3ccc(NC(C)=O)nc3=O)[C@H](OC(C)=O)[C@@H]2C)C(=O)OCc2c1cc1n(c2=O)Cc2cc3ccccc3nc2-1. The van der Waals surface area contributed by atoms with E-state index in [4.69, 9.17) is 28.2 Å². The third kappa shape index (κ3) is 6.13. The molecule has 1 amide bonds. The number of nitrogens with zero attached hydrogens (tertiary/aromatic N) is 4. The predicted molar refractivity (Wildman–Crippen MR) is 181 cm³/mol. The van der Waals surface area contributed by atoms with Crippen LogP contribution in [0.15, 0.2) is 58.3 Å². The first-order valence-electron chi connectivity index (χ1n) is 16.4. The molecule has 2 N–H and O–H groups in total. The lowest BCUT2D eigenvalue weighted by Gasteiger charge is -2.36. The molecule has 1 fully saturated rings. The van der Waals surface area contributed by atoms with Crippen molar-refractivity contribution in [1.29, 1.82) is 0 Å². The fourth-order valence-corrected chi connectivity index (χ4v) is 8.02. The molecule has 7 rings (SSSR count). The molecule has 0 aliphatic carbocycles. The number of carbonyl (C=O) groups is 3. The molecule has 1 saturated heterocycles. The number of phosphoric ester groups is 1. The minimum Gasteiger partial charge on any atom is -0.458 e. The van der Waals surface area contributed by atoms with Gasteiger partial charge in [0, 0.05) is 42.5 Å². The quantitative estimate of drug-likeness (QED) is 0.164. The van der Waals surface area contributed by atoms with Gasteiger partial charge < -0.3 is 29.0 Å². The van der Waals surface area contributed by atoms with E-state index in [9.17, 15) is 33.4 Å². The highest BCUT2D eigenvalue weighted by Crippen LogP contribution is 2.54. The number of cyclic esters (lactones) is 1. The van der Waals surface area contributed by atoms with Gasteiger partial charge >= 0.3 is 25.5 Å². The lowest BCUT2D eigenvalue weighted by atomic mass is 9.86. The summed E-state index contributed by atoms with van der Waals surface area (Å²) in [5.74, 6) is -2.79. The molecule has 18 heteroatoms. The molecule has 0 spiro atoms. The second-order valence-electron chi connectivity index (χ2n) is 12.8. The number of amides is 1. The first-order valence-corrected chi connectivity index (χ1v) is 17.9. The topological polar surface area (TPSA) is 216 Å². The van der Waals surface area contributed by atoms with Gasteiger partial charge in [0.2, 0.25) is 11.5 Å². The van der Waals surface area contributed by atoms with Gasteiger partial charge in [-0.15, -0.1) is 0 Å². The van der Waals surface area contributed by atoms with Crippen molar-refractivity contribution in [3.05, 3.63) is 86.2 Å². The molecular formula is C34H34N5O12P. The zero-order valence-electron chi connectivity index (χ0n) is 28.4. The van der Waals surface area contributed by atoms with E-state index in [1.165, 1.54) is 30.7 Å². The molecule has 272 valence electrons. The van der Waals surface area contributed by atoms with E-state index in [-0.39, 0.29) is 36.5 Å². The van der Waals surface area contributed by atoms with E-state index in [0.29, 0.717) is 16.9 Å². The van der Waals surface area contributed by atoms with E-state index in [1.807, 2.05) is 30.3 Å². The van der Waals surface area contributed by atoms with Gasteiger partial charge in [-0.1, -0.05) is 32.0 Å². The first kappa shape index (κ1) is 35.3. The smallest absolute Gasteiger partial charge is 0.458 e. The van der Waals surface area contributed by atoms with E-state index >= 15 is 0 Å². The maximum atomic E-state index is 13.8. The Balaban J connectivity index is 1.16. The summed E-state index contributed by atoms with van der Waals surface area (Å²) in [6.45, 7) is 4.86. The minimum absolute atomic E-state index is 0.00337. The highest BCUT2D eigenvalue weighted by Gasteiger charge is 2.53. The van der Waals surface area contributed by atoms with Crippen LogP contribution in [0.3, 0.4) is 0 Å². The fourth-order valence-electron chi connectivity index (χ4n) is 6.94. The highest BCUT2D eigenvalue weighted by atomic mass is 31.2. The summed E-state index contributed by atoms with van der Waals surface area (Å²) in [5, 5.41) is 3.29. The Morgan fingerprint density at radius 2 is 1.90 bits per heavy atom. The van der Waals surface area contributed by atoms with Gasteiger partial charge in [-0.2, -0.15) is 4.98 Å². The second-order valence-corrected chi connectivity index (χ2v) is 14.2. The monoisotopic (exact) mass is 735 g/mol. The van der Waals surface area contributed by atoms with Gasteiger partial charge in [-0.05, 0) is 30.7 Å². The molecule has 52 heavy (non-hydrogen) atoms. The zero-order chi connectivity index (χ0) is 37.1. The molecule has 1 aromatic carbocycles. The lowest BCUT2D eigenvalue weighted by Crippen LogP contribution is -2.46. The molecule has 17 nitrogen and oxygen atoms in total. The molecule has 6 atom stereocenters. The third-order valence-corrected chi connectivity index (χ3v) is 10.5. The van der Waals surface area contributed by atoms with Crippen molar-refractivity contribution in [1.82, 2.24) is 19.1 Å². The zero-order valence-corrected chi connectivity index (χ0v) is 29.3. The maximum absolute atomic E-state index is 13.8. The number of ether oxygens (including phenoxy) is 3. The molecule has 0 bridgehead atoms. The number of hydrogen-bond acceptors (Lipinski definition) is 13. The number of pyridine rings is 2. The predicted octanol–water partition coefficient (Wildman–Crippen LogP) is 2.90. The molecule has 6 heterocycles. The minimum atomic E-state index is -5.15. The molecule has 1 unspecified atom stereocenters. The number of rotatable bonds is 9. The average Bonchev–Trinajstić information content (AvgIpc) is 3.60. The Kier molecular flexibility index (Phi) is 8.95. The van der Waals surface area contributed by atoms with Crippen LogP contribution >= 0.6 is 7.82 Å². The highest BCUT2D eigenvalue weighted by molar-refractivity contribution is 7.47. The number of hydrogen-bond donors (Lipinski definition) is 2. The summed E-state index contributed by atoms with van der Waals surface area (Å²) < 4.78 is 44.2. The molecule has 0 radical (unpaired) electrons. The summed E-state index contributed by atoms with van der Waals surface area (Å²) >= 11 is 0. The van der Waals surface area contributed by atoms with Gasteiger partial charge in [0.1, 0.15) is 12.4 Å². The standard InChI is InChI=1S/C34H34N5O12P/c1-5-34(23-13-25-28-21(12-20-8-6-7-9-24(20)36-28)14-39(25)30(42)22(23)15-47-32(34)43)51-52(45,46)48-16-26-17(2)29(49-19(4)41)31(50-26)38-11-10-27(35-18(3)40)37-33(38)44/h6-13,17,26,29,31H,5,14-16H2,1-4H3,(H,45,46)(H,35,37,40,44)/t17-,26-,29-,31-,34+/m1/s1. The van der Waals surface area contributed by atoms with Gasteiger partial charge in [-0.3, -0.25) is 28.0 Å². The van der Waals surface area contributed by atoms with Crippen molar-refractivity contribution in [2.24, 2.45) is 5.92 Å². The summed E-state index contributed by atoms with van der Waals surface area (Å²) in [6.07, 6.45) is -2.21. The summed E-state index contributed by atoms with van der Waals surface area (Å²) in [6, 6.07) is 12.4.